The first-order chi connectivity index (χ1) is 24.2. The number of rotatable bonds is 19. The fourth-order valence-corrected chi connectivity index (χ4v) is 5.29. The van der Waals surface area contributed by atoms with Crippen LogP contribution in [0.3, 0.4) is 0 Å². The summed E-state index contributed by atoms with van der Waals surface area (Å²) in [6.45, 7) is 4.71. The molecule has 4 rings (SSSR count). The summed E-state index contributed by atoms with van der Waals surface area (Å²) in [5.41, 5.74) is 2.73. The first-order valence-corrected chi connectivity index (χ1v) is 16.9. The number of esters is 1. The number of methoxy groups -OCH3 is 1. The Morgan fingerprint density at radius 3 is 2.14 bits per heavy atom. The van der Waals surface area contributed by atoms with E-state index in [2.05, 4.69) is 17.6 Å². The van der Waals surface area contributed by atoms with Gasteiger partial charge in [-0.1, -0.05) is 75.9 Å². The second-order valence-electron chi connectivity index (χ2n) is 12.1. The van der Waals surface area contributed by atoms with Crippen molar-refractivity contribution in [1.82, 2.24) is 5.32 Å². The van der Waals surface area contributed by atoms with Crippen LogP contribution in [0.1, 0.15) is 83.7 Å². The monoisotopic (exact) mass is 682 g/mol. The maximum Gasteiger partial charge on any atom is 0.343 e. The average Bonchev–Trinajstić information content (AvgIpc) is 3.13. The van der Waals surface area contributed by atoms with E-state index in [0.29, 0.717) is 29.2 Å². The number of benzene rings is 4. The van der Waals surface area contributed by atoms with Gasteiger partial charge >= 0.3 is 11.9 Å². The van der Waals surface area contributed by atoms with Crippen molar-refractivity contribution in [3.8, 4) is 17.2 Å². The van der Waals surface area contributed by atoms with Crippen LogP contribution in [0.5, 0.6) is 17.2 Å². The molecule has 0 aliphatic heterocycles. The van der Waals surface area contributed by atoms with Gasteiger partial charge in [-0.3, -0.25) is 4.79 Å². The fourth-order valence-electron chi connectivity index (χ4n) is 5.29. The van der Waals surface area contributed by atoms with Crippen molar-refractivity contribution in [3.63, 3.8) is 0 Å². The first kappa shape index (κ1) is 37.5. The summed E-state index contributed by atoms with van der Waals surface area (Å²) in [6, 6.07) is 26.2. The van der Waals surface area contributed by atoms with Gasteiger partial charge in [0.2, 0.25) is 0 Å². The topological polar surface area (TPSA) is 143 Å². The van der Waals surface area contributed by atoms with Crippen LogP contribution in [0.25, 0.3) is 0 Å². The number of hydrogen-bond acceptors (Lipinski definition) is 8. The van der Waals surface area contributed by atoms with Crippen LogP contribution < -0.4 is 24.8 Å². The second kappa shape index (κ2) is 19.0. The lowest BCUT2D eigenvalue weighted by Crippen LogP contribution is -2.42. The molecule has 0 aliphatic rings. The molecule has 0 saturated heterocycles. The Morgan fingerprint density at radius 2 is 1.48 bits per heavy atom. The molecule has 4 N–H and O–H groups in total. The largest absolute Gasteiger partial charge is 0.494 e. The summed E-state index contributed by atoms with van der Waals surface area (Å²) in [4.78, 5) is 38.0. The van der Waals surface area contributed by atoms with Crippen LogP contribution in [0, 0.1) is 0 Å². The highest BCUT2D eigenvalue weighted by atomic mass is 16.6. The second-order valence-corrected chi connectivity index (χ2v) is 12.1. The van der Waals surface area contributed by atoms with E-state index in [0.717, 1.165) is 18.4 Å². The third-order valence-electron chi connectivity index (χ3n) is 8.34. The van der Waals surface area contributed by atoms with Gasteiger partial charge in [0.05, 0.1) is 19.3 Å². The van der Waals surface area contributed by atoms with E-state index in [-0.39, 0.29) is 29.4 Å². The molecule has 0 spiro atoms. The summed E-state index contributed by atoms with van der Waals surface area (Å²) in [5.74, 6) is -1.46. The van der Waals surface area contributed by atoms with Crippen molar-refractivity contribution in [1.29, 1.82) is 0 Å². The molecule has 0 aromatic heterocycles. The van der Waals surface area contributed by atoms with Gasteiger partial charge in [-0.15, -0.1) is 0 Å². The Kier molecular flexibility index (Phi) is 14.2. The van der Waals surface area contributed by atoms with Gasteiger partial charge < -0.3 is 35.1 Å². The molecular weight excluding hydrogens is 636 g/mol. The van der Waals surface area contributed by atoms with E-state index >= 15 is 0 Å². The molecule has 0 bridgehead atoms. The molecule has 0 saturated carbocycles. The van der Waals surface area contributed by atoms with Crippen molar-refractivity contribution in [2.45, 2.75) is 70.6 Å². The number of aliphatic hydroxyl groups excluding tert-OH is 1. The SMILES string of the molecule is CCCCCCCOc1ccc(C(=O)Oc2ccc(CC(NC(=O)c3ccc(NC(O)C(C)c4ccccc4)cc3)C(=O)O)cc2OC)cc1. The van der Waals surface area contributed by atoms with E-state index in [9.17, 15) is 24.6 Å². The molecule has 1 amide bonds. The standard InChI is InChI=1S/C40H46N2O8/c1-4-5-6-7-11-24-49-33-21-17-31(18-22-33)40(47)50-35-23-14-28(26-36(35)48-3)25-34(39(45)46)42-38(44)30-15-19-32(20-16-30)41-37(43)27(2)29-12-9-8-10-13-29/h8-10,12-23,26-27,34,37,41,43H,4-7,11,24-25H2,1-3H3,(H,42,44)(H,45,46). The highest BCUT2D eigenvalue weighted by molar-refractivity contribution is 5.97. The highest BCUT2D eigenvalue weighted by Crippen LogP contribution is 2.30. The summed E-state index contributed by atoms with van der Waals surface area (Å²) < 4.78 is 16.8. The minimum absolute atomic E-state index is 0.0467. The average molecular weight is 683 g/mol. The zero-order valence-corrected chi connectivity index (χ0v) is 28.8. The third-order valence-corrected chi connectivity index (χ3v) is 8.34. The number of aliphatic hydroxyl groups is 1. The van der Waals surface area contributed by atoms with Crippen molar-refractivity contribution < 1.29 is 38.8 Å². The van der Waals surface area contributed by atoms with Crippen molar-refractivity contribution >= 4 is 23.5 Å². The van der Waals surface area contributed by atoms with Gasteiger partial charge in [0, 0.05) is 23.6 Å². The molecule has 10 nitrogen and oxygen atoms in total. The Bertz CT molecular complexity index is 1680. The van der Waals surface area contributed by atoms with Crippen molar-refractivity contribution in [3.05, 3.63) is 119 Å². The third kappa shape index (κ3) is 11.1. The van der Waals surface area contributed by atoms with Gasteiger partial charge in [0.1, 0.15) is 18.0 Å². The number of hydrogen-bond donors (Lipinski definition) is 4. The van der Waals surface area contributed by atoms with Gasteiger partial charge in [-0.2, -0.15) is 0 Å². The highest BCUT2D eigenvalue weighted by Gasteiger charge is 2.23. The molecule has 0 radical (unpaired) electrons. The van der Waals surface area contributed by atoms with Crippen LogP contribution in [0.2, 0.25) is 0 Å². The molecule has 4 aromatic rings. The van der Waals surface area contributed by atoms with E-state index in [1.54, 1.807) is 60.7 Å². The molecule has 50 heavy (non-hydrogen) atoms. The zero-order valence-electron chi connectivity index (χ0n) is 28.8. The van der Waals surface area contributed by atoms with Crippen LogP contribution in [-0.4, -0.2) is 54.0 Å². The maximum atomic E-state index is 13.0. The minimum atomic E-state index is -1.25. The molecule has 0 fully saturated rings. The minimum Gasteiger partial charge on any atom is -0.494 e. The number of carboxylic acids is 1. The summed E-state index contributed by atoms with van der Waals surface area (Å²) in [6.07, 6.45) is 4.81. The molecule has 3 atom stereocenters. The summed E-state index contributed by atoms with van der Waals surface area (Å²) in [7, 11) is 1.42. The Hall–Kier alpha value is -5.35. The number of aliphatic carboxylic acids is 1. The summed E-state index contributed by atoms with van der Waals surface area (Å²) >= 11 is 0. The predicted molar refractivity (Wildman–Crippen MR) is 192 cm³/mol. The smallest absolute Gasteiger partial charge is 0.343 e. The molecule has 4 aromatic carbocycles. The number of carbonyl (C=O) groups is 3. The lowest BCUT2D eigenvalue weighted by molar-refractivity contribution is -0.139. The lowest BCUT2D eigenvalue weighted by Gasteiger charge is -2.21. The van der Waals surface area contributed by atoms with E-state index in [1.165, 1.54) is 32.4 Å². The molecular formula is C40H46N2O8. The van der Waals surface area contributed by atoms with E-state index < -0.39 is 30.1 Å². The Labute approximate surface area is 293 Å². The Morgan fingerprint density at radius 1 is 0.800 bits per heavy atom. The van der Waals surface area contributed by atoms with Crippen LogP contribution >= 0.6 is 0 Å². The first-order valence-electron chi connectivity index (χ1n) is 16.9. The number of nitrogens with one attached hydrogen (secondary N) is 2. The number of carbonyl (C=O) groups excluding carboxylic acids is 2. The summed E-state index contributed by atoms with van der Waals surface area (Å²) in [5, 5.41) is 26.1. The van der Waals surface area contributed by atoms with Gasteiger partial charge in [0.15, 0.2) is 11.5 Å². The van der Waals surface area contributed by atoms with Crippen LogP contribution in [0.15, 0.2) is 97.1 Å². The normalized spacial score (nSPS) is 12.6. The van der Waals surface area contributed by atoms with Crippen LogP contribution in [-0.2, 0) is 11.2 Å². The Balaban J connectivity index is 1.31. The lowest BCUT2D eigenvalue weighted by atomic mass is 9.99. The van der Waals surface area contributed by atoms with Gasteiger partial charge in [-0.25, -0.2) is 9.59 Å². The number of carboxylic acid groups (broad SMARTS) is 1. The maximum absolute atomic E-state index is 13.0. The van der Waals surface area contributed by atoms with Gasteiger partial charge in [0.25, 0.3) is 5.91 Å². The number of ether oxygens (including phenoxy) is 3. The quantitative estimate of drug-likeness (QED) is 0.0349. The van der Waals surface area contributed by atoms with Crippen LogP contribution in [0.4, 0.5) is 5.69 Å². The molecule has 10 heteroatoms. The molecule has 3 unspecified atom stereocenters. The fraction of sp³-hybridized carbons (Fsp3) is 0.325. The predicted octanol–water partition coefficient (Wildman–Crippen LogP) is 7.22. The van der Waals surface area contributed by atoms with Crippen molar-refractivity contribution in [2.24, 2.45) is 0 Å². The van der Waals surface area contributed by atoms with Crippen molar-refractivity contribution in [2.75, 3.05) is 19.0 Å². The number of amides is 1. The van der Waals surface area contributed by atoms with Gasteiger partial charge in [-0.05, 0) is 78.2 Å². The number of unbranched alkanes of at least 4 members (excludes halogenated alkanes) is 4. The number of anilines is 1. The molecule has 0 aliphatic carbocycles. The molecule has 0 heterocycles. The molecule has 264 valence electrons. The van der Waals surface area contributed by atoms with E-state index in [1.807, 2.05) is 37.3 Å². The van der Waals surface area contributed by atoms with E-state index in [4.69, 9.17) is 14.2 Å². The zero-order chi connectivity index (χ0) is 35.9.